The van der Waals surface area contributed by atoms with Gasteiger partial charge in [-0.15, -0.1) is 11.3 Å². The van der Waals surface area contributed by atoms with E-state index in [4.69, 9.17) is 16.6 Å². The molecule has 2 aromatic rings. The van der Waals surface area contributed by atoms with Crippen LogP contribution in [0.25, 0.3) is 0 Å². The first-order chi connectivity index (χ1) is 17.5. The van der Waals surface area contributed by atoms with Gasteiger partial charge in [-0.1, -0.05) is 32.4 Å². The minimum absolute atomic E-state index is 0.0475. The van der Waals surface area contributed by atoms with Crippen LogP contribution in [0.15, 0.2) is 29.2 Å². The number of thiazole rings is 1. The van der Waals surface area contributed by atoms with Gasteiger partial charge < -0.3 is 10.0 Å². The van der Waals surface area contributed by atoms with E-state index in [1.807, 2.05) is 23.6 Å². The van der Waals surface area contributed by atoms with Crippen molar-refractivity contribution in [1.29, 1.82) is 0 Å². The highest BCUT2D eigenvalue weighted by Crippen LogP contribution is 2.57. The van der Waals surface area contributed by atoms with Crippen LogP contribution in [-0.2, 0) is 21.2 Å². The summed E-state index contributed by atoms with van der Waals surface area (Å²) in [7, 11) is -3.79. The van der Waals surface area contributed by atoms with E-state index < -0.39 is 16.1 Å². The van der Waals surface area contributed by atoms with Crippen LogP contribution in [0, 0.1) is 23.2 Å². The SMILES string of the molecule is C[C@H](C(=O)N1CCSCC1)[C@H]1CC[C@]2(C)Cc3sc(NS(=O)(=O)c4ccc(Cl)cc4)nc3[C@@H](C)[C@@H]2[C@H]1O. The van der Waals surface area contributed by atoms with Crippen LogP contribution in [0.3, 0.4) is 0 Å². The average Bonchev–Trinajstić information content (AvgIpc) is 3.25. The fraction of sp³-hybridized carbons (Fsp3) is 0.615. The molecular weight excluding hydrogens is 550 g/mol. The molecule has 3 aliphatic rings. The zero-order chi connectivity index (χ0) is 26.5. The number of aromatic nitrogens is 1. The highest BCUT2D eigenvalue weighted by atomic mass is 35.5. The quantitative estimate of drug-likeness (QED) is 0.521. The molecule has 1 aromatic carbocycles. The molecule has 1 aliphatic heterocycles. The molecule has 11 heteroatoms. The summed E-state index contributed by atoms with van der Waals surface area (Å²) in [5.41, 5.74) is 0.721. The van der Waals surface area contributed by atoms with Gasteiger partial charge in [0, 0.05) is 46.3 Å². The number of thioether (sulfide) groups is 1. The molecule has 0 radical (unpaired) electrons. The van der Waals surface area contributed by atoms with E-state index in [1.54, 1.807) is 12.1 Å². The zero-order valence-electron chi connectivity index (χ0n) is 21.3. The Bertz CT molecular complexity index is 1260. The Kier molecular flexibility index (Phi) is 7.61. The van der Waals surface area contributed by atoms with E-state index in [9.17, 15) is 18.3 Å². The maximum atomic E-state index is 13.3. The lowest BCUT2D eigenvalue weighted by molar-refractivity contribution is -0.144. The van der Waals surface area contributed by atoms with Gasteiger partial charge in [0.1, 0.15) is 0 Å². The number of aliphatic hydroxyl groups is 1. The number of nitrogens with one attached hydrogen (secondary N) is 1. The van der Waals surface area contributed by atoms with Crippen LogP contribution >= 0.6 is 34.7 Å². The number of rotatable bonds is 5. The first kappa shape index (κ1) is 27.2. The number of amides is 1. The maximum absolute atomic E-state index is 13.3. The Morgan fingerprint density at radius 3 is 2.62 bits per heavy atom. The molecule has 1 saturated heterocycles. The van der Waals surface area contributed by atoms with Crippen molar-refractivity contribution in [3.63, 3.8) is 0 Å². The number of anilines is 1. The van der Waals surface area contributed by atoms with Gasteiger partial charge in [0.2, 0.25) is 5.91 Å². The number of nitrogens with zero attached hydrogens (tertiary/aromatic N) is 2. The lowest BCUT2D eigenvalue weighted by Crippen LogP contribution is -2.54. The highest BCUT2D eigenvalue weighted by Gasteiger charge is 2.54. The molecule has 2 heterocycles. The second-order valence-electron chi connectivity index (χ2n) is 11.0. The van der Waals surface area contributed by atoms with Gasteiger partial charge in [0.25, 0.3) is 10.0 Å². The molecule has 202 valence electrons. The molecule has 1 saturated carbocycles. The standard InChI is InChI=1S/C26H34ClN3O4S3/c1-15(24(32)30-10-12-35-13-11-30)19-8-9-26(3)14-20-22(16(2)21(26)23(19)31)28-25(36-20)29-37(33,34)18-6-4-17(27)5-7-18/h4-7,15-16,19,21,23,31H,8-14H2,1-3H3,(H,28,29)/t15-,16-,19+,21+,23-,26+/m0/s1. The smallest absolute Gasteiger partial charge is 0.263 e. The van der Waals surface area contributed by atoms with Crippen LogP contribution < -0.4 is 4.72 Å². The summed E-state index contributed by atoms with van der Waals surface area (Å²) < 4.78 is 28.5. The first-order valence-corrected chi connectivity index (χ1v) is 16.7. The minimum Gasteiger partial charge on any atom is -0.392 e. The number of fused-ring (bicyclic) bond motifs is 2. The van der Waals surface area contributed by atoms with Gasteiger partial charge >= 0.3 is 0 Å². The van der Waals surface area contributed by atoms with E-state index in [0.717, 1.165) is 54.4 Å². The topological polar surface area (TPSA) is 99.6 Å². The van der Waals surface area contributed by atoms with Crippen LogP contribution in [0.1, 0.15) is 50.1 Å². The van der Waals surface area contributed by atoms with Gasteiger partial charge in [-0.3, -0.25) is 9.52 Å². The van der Waals surface area contributed by atoms with Crippen molar-refractivity contribution in [1.82, 2.24) is 9.88 Å². The van der Waals surface area contributed by atoms with E-state index in [-0.39, 0.29) is 39.9 Å². The normalized spacial score (nSPS) is 30.8. The Balaban J connectivity index is 1.36. The van der Waals surface area contributed by atoms with Crippen molar-refractivity contribution in [2.45, 2.75) is 57.0 Å². The Morgan fingerprint density at radius 1 is 1.27 bits per heavy atom. The molecule has 1 aromatic heterocycles. The summed E-state index contributed by atoms with van der Waals surface area (Å²) in [6, 6.07) is 6.03. The van der Waals surface area contributed by atoms with Gasteiger partial charge in [0.05, 0.1) is 16.7 Å². The lowest BCUT2D eigenvalue weighted by atomic mass is 9.53. The molecule has 6 atom stereocenters. The molecule has 2 aliphatic carbocycles. The summed E-state index contributed by atoms with van der Waals surface area (Å²) in [5, 5.41) is 12.5. The molecule has 2 N–H and O–H groups in total. The summed E-state index contributed by atoms with van der Waals surface area (Å²) in [5.74, 6) is 1.68. The molecule has 2 fully saturated rings. The van der Waals surface area contributed by atoms with E-state index >= 15 is 0 Å². The van der Waals surface area contributed by atoms with Crippen molar-refractivity contribution < 1.29 is 18.3 Å². The summed E-state index contributed by atoms with van der Waals surface area (Å²) >= 11 is 9.17. The molecule has 7 nitrogen and oxygen atoms in total. The van der Waals surface area contributed by atoms with Gasteiger partial charge in [-0.05, 0) is 60.8 Å². The van der Waals surface area contributed by atoms with Crippen molar-refractivity contribution in [3.8, 4) is 0 Å². The number of benzene rings is 1. The molecular formula is C26H34ClN3O4S3. The number of aliphatic hydroxyl groups excluding tert-OH is 1. The summed E-state index contributed by atoms with van der Waals surface area (Å²) in [6.45, 7) is 7.85. The Morgan fingerprint density at radius 2 is 1.95 bits per heavy atom. The fourth-order valence-electron chi connectivity index (χ4n) is 6.63. The van der Waals surface area contributed by atoms with E-state index in [2.05, 4.69) is 18.6 Å². The second-order valence-corrected chi connectivity index (χ2v) is 15.4. The van der Waals surface area contributed by atoms with E-state index in [1.165, 1.54) is 23.5 Å². The molecule has 5 rings (SSSR count). The average molecular weight is 584 g/mol. The summed E-state index contributed by atoms with van der Waals surface area (Å²) in [4.78, 5) is 21.1. The third kappa shape index (κ3) is 5.16. The van der Waals surface area contributed by atoms with Crippen LogP contribution in [0.5, 0.6) is 0 Å². The number of hydrogen-bond acceptors (Lipinski definition) is 7. The molecule has 0 bridgehead atoms. The molecule has 37 heavy (non-hydrogen) atoms. The number of sulfonamides is 1. The van der Waals surface area contributed by atoms with Crippen LogP contribution in [0.4, 0.5) is 5.13 Å². The van der Waals surface area contributed by atoms with Crippen molar-refractivity contribution in [2.75, 3.05) is 29.3 Å². The molecule has 1 amide bonds. The summed E-state index contributed by atoms with van der Waals surface area (Å²) in [6.07, 6.45) is 1.85. The lowest BCUT2D eigenvalue weighted by Gasteiger charge is -2.53. The largest absolute Gasteiger partial charge is 0.392 e. The van der Waals surface area contributed by atoms with E-state index in [0.29, 0.717) is 10.2 Å². The first-order valence-electron chi connectivity index (χ1n) is 12.8. The maximum Gasteiger partial charge on any atom is 0.263 e. The van der Waals surface area contributed by atoms with Crippen LogP contribution in [-0.4, -0.2) is 60.0 Å². The fourth-order valence-corrected chi connectivity index (χ4v) is 10.2. The number of hydrogen-bond donors (Lipinski definition) is 2. The second kappa shape index (κ2) is 10.3. The van der Waals surface area contributed by atoms with Gasteiger partial charge in [-0.2, -0.15) is 11.8 Å². The molecule has 0 spiro atoms. The predicted octanol–water partition coefficient (Wildman–Crippen LogP) is 4.86. The van der Waals surface area contributed by atoms with Gasteiger partial charge in [0.15, 0.2) is 5.13 Å². The molecule has 0 unspecified atom stereocenters. The predicted molar refractivity (Wildman–Crippen MR) is 150 cm³/mol. The highest BCUT2D eigenvalue weighted by molar-refractivity contribution is 7.99. The Labute approximate surface area is 232 Å². The van der Waals surface area contributed by atoms with Crippen molar-refractivity contribution >= 4 is 55.8 Å². The van der Waals surface area contributed by atoms with Gasteiger partial charge in [-0.25, -0.2) is 13.4 Å². The van der Waals surface area contributed by atoms with Crippen LogP contribution in [0.2, 0.25) is 5.02 Å². The third-order valence-corrected chi connectivity index (χ3v) is 12.3. The number of carbonyl (C=O) groups is 1. The Hall–Kier alpha value is -1.33. The number of carbonyl (C=O) groups excluding carboxylic acids is 1. The van der Waals surface area contributed by atoms with Crippen molar-refractivity contribution in [3.05, 3.63) is 39.9 Å². The minimum atomic E-state index is -3.79. The zero-order valence-corrected chi connectivity index (χ0v) is 24.5. The van der Waals surface area contributed by atoms with Crippen molar-refractivity contribution in [2.24, 2.45) is 23.2 Å². The third-order valence-electron chi connectivity index (χ3n) is 8.62. The number of halogens is 1. The monoisotopic (exact) mass is 583 g/mol.